The summed E-state index contributed by atoms with van der Waals surface area (Å²) in [7, 11) is -3.14. The summed E-state index contributed by atoms with van der Waals surface area (Å²) in [6.45, 7) is -0.360. The number of nitrogens with zero attached hydrogens (tertiary/aromatic N) is 1. The smallest absolute Gasteiger partial charge is 0.335 e. The van der Waals surface area contributed by atoms with Gasteiger partial charge in [-0.25, -0.2) is 0 Å². The summed E-state index contributed by atoms with van der Waals surface area (Å²) in [6.07, 6.45) is -1.06. The third-order valence-electron chi connectivity index (χ3n) is 3.12. The molecule has 0 aromatic heterocycles. The Balaban J connectivity index is 2.04. The number of benzene rings is 2. The molecule has 0 spiro atoms. The van der Waals surface area contributed by atoms with Crippen LogP contribution in [0.5, 0.6) is 5.75 Å². The lowest BCUT2D eigenvalue weighted by atomic mass is 10.1. The molecule has 0 unspecified atom stereocenters. The molecule has 0 fully saturated rings. The van der Waals surface area contributed by atoms with Gasteiger partial charge in [-0.1, -0.05) is 30.3 Å². The molecule has 0 amide bonds. The number of halogens is 1. The van der Waals surface area contributed by atoms with E-state index < -0.39 is 16.4 Å². The van der Waals surface area contributed by atoms with Gasteiger partial charge >= 0.3 is 10.3 Å². The normalized spacial score (nSPS) is 13.5. The van der Waals surface area contributed by atoms with Gasteiger partial charge in [-0.05, 0) is 32.8 Å². The molecule has 2 N–H and O–H groups in total. The number of hydrogen-bond donors (Lipinski definition) is 2. The van der Waals surface area contributed by atoms with Crippen molar-refractivity contribution in [2.24, 2.45) is 0 Å². The fraction of sp³-hybridized carbons (Fsp3) is 0.286. The van der Waals surface area contributed by atoms with Gasteiger partial charge in [-0.15, -0.1) is 0 Å². The molecule has 2 aromatic rings. The highest BCUT2D eigenvalue weighted by Gasteiger charge is 2.18. The summed E-state index contributed by atoms with van der Waals surface area (Å²) in [6, 6.07) is 11.4. The molecule has 0 heterocycles. The first kappa shape index (κ1) is 17.2. The third kappa shape index (κ3) is 4.17. The molecular weight excluding hydrogens is 374 g/mol. The van der Waals surface area contributed by atoms with Gasteiger partial charge in [-0.3, -0.25) is 4.55 Å². The van der Waals surface area contributed by atoms with Crippen LogP contribution < -0.4 is 4.74 Å². The van der Waals surface area contributed by atoms with E-state index in [9.17, 15) is 13.5 Å². The zero-order chi connectivity index (χ0) is 16.3. The van der Waals surface area contributed by atoms with E-state index in [1.165, 1.54) is 7.05 Å². The fourth-order valence-electron chi connectivity index (χ4n) is 1.95. The maximum Gasteiger partial charge on any atom is 0.335 e. The predicted molar refractivity (Wildman–Crippen MR) is 87.3 cm³/mol. The molecule has 0 aliphatic heterocycles. The van der Waals surface area contributed by atoms with Crippen molar-refractivity contribution in [3.8, 4) is 5.75 Å². The van der Waals surface area contributed by atoms with Crippen LogP contribution in [-0.2, 0) is 10.3 Å². The van der Waals surface area contributed by atoms with Crippen molar-refractivity contribution in [2.45, 2.75) is 6.10 Å². The number of aliphatic hydroxyl groups is 1. The van der Waals surface area contributed by atoms with Crippen molar-refractivity contribution in [3.05, 3.63) is 40.9 Å². The van der Waals surface area contributed by atoms with E-state index in [1.807, 2.05) is 30.3 Å². The number of fused-ring (bicyclic) bond motifs is 1. The highest BCUT2D eigenvalue weighted by Crippen LogP contribution is 2.33. The Morgan fingerprint density at radius 1 is 1.27 bits per heavy atom. The molecule has 2 aromatic carbocycles. The molecule has 120 valence electrons. The van der Waals surface area contributed by atoms with E-state index in [-0.39, 0.29) is 13.2 Å². The van der Waals surface area contributed by atoms with Crippen LogP contribution in [-0.4, -0.2) is 48.7 Å². The largest absolute Gasteiger partial charge is 0.490 e. The fourth-order valence-corrected chi connectivity index (χ4v) is 2.92. The van der Waals surface area contributed by atoms with Gasteiger partial charge in [0.2, 0.25) is 0 Å². The standard InChI is InChI=1S/C14H16BrNO5S/c1-16(22(18,19)20)8-11(17)9-21-13-7-6-10-4-2-3-5-12(10)14(13)15/h2-7,11,17H,8-9H2,1H3,(H,18,19,20)/t11-/m1/s1. The molecule has 8 heteroatoms. The predicted octanol–water partition coefficient (Wildman–Crippen LogP) is 2.08. The van der Waals surface area contributed by atoms with Gasteiger partial charge in [0.25, 0.3) is 0 Å². The zero-order valence-corrected chi connectivity index (χ0v) is 14.2. The van der Waals surface area contributed by atoms with E-state index in [1.54, 1.807) is 6.07 Å². The van der Waals surface area contributed by atoms with E-state index in [0.29, 0.717) is 10.1 Å². The van der Waals surface area contributed by atoms with Crippen LogP contribution in [0.1, 0.15) is 0 Å². The van der Waals surface area contributed by atoms with Crippen LogP contribution in [0, 0.1) is 0 Å². The van der Waals surface area contributed by atoms with E-state index in [2.05, 4.69) is 15.9 Å². The van der Waals surface area contributed by atoms with Crippen molar-refractivity contribution >= 4 is 37.0 Å². The van der Waals surface area contributed by atoms with Gasteiger partial charge in [0.05, 0.1) is 4.47 Å². The van der Waals surface area contributed by atoms with Crippen LogP contribution in [0.2, 0.25) is 0 Å². The SMILES string of the molecule is CN(C[C@@H](O)COc1ccc2ccccc2c1Br)S(=O)(=O)O. The molecule has 0 aliphatic rings. The molecule has 0 bridgehead atoms. The molecule has 6 nitrogen and oxygen atoms in total. The Kier molecular flexibility index (Phi) is 5.41. The van der Waals surface area contributed by atoms with E-state index >= 15 is 0 Å². The van der Waals surface area contributed by atoms with Crippen LogP contribution >= 0.6 is 15.9 Å². The van der Waals surface area contributed by atoms with Crippen molar-refractivity contribution in [1.29, 1.82) is 0 Å². The summed E-state index contributed by atoms with van der Waals surface area (Å²) in [5.74, 6) is 0.548. The van der Waals surface area contributed by atoms with Crippen molar-refractivity contribution in [2.75, 3.05) is 20.2 Å². The Morgan fingerprint density at radius 3 is 2.64 bits per heavy atom. The van der Waals surface area contributed by atoms with Crippen molar-refractivity contribution in [3.63, 3.8) is 0 Å². The minimum Gasteiger partial charge on any atom is -0.490 e. The number of likely N-dealkylation sites (N-methyl/N-ethyl adjacent to an activating group) is 1. The number of rotatable bonds is 6. The monoisotopic (exact) mass is 389 g/mol. The maximum atomic E-state index is 10.9. The highest BCUT2D eigenvalue weighted by molar-refractivity contribution is 9.10. The second-order valence-corrected chi connectivity index (χ2v) is 7.13. The van der Waals surface area contributed by atoms with Gasteiger partial charge in [0, 0.05) is 13.6 Å². The van der Waals surface area contributed by atoms with Gasteiger partial charge < -0.3 is 9.84 Å². The second kappa shape index (κ2) is 6.93. The average Bonchev–Trinajstić information content (AvgIpc) is 2.46. The lowest BCUT2D eigenvalue weighted by Crippen LogP contribution is -2.36. The number of aliphatic hydroxyl groups excluding tert-OH is 1. The van der Waals surface area contributed by atoms with Crippen LogP contribution in [0.15, 0.2) is 40.9 Å². The molecule has 0 saturated heterocycles. The Labute approximate surface area is 137 Å². The Bertz CT molecular complexity index is 765. The maximum absolute atomic E-state index is 10.9. The van der Waals surface area contributed by atoms with Crippen molar-refractivity contribution < 1.29 is 22.8 Å². The molecule has 0 saturated carbocycles. The summed E-state index contributed by atoms with van der Waals surface area (Å²) < 4.78 is 37.5. The van der Waals surface area contributed by atoms with Gasteiger partial charge in [0.15, 0.2) is 0 Å². The molecule has 22 heavy (non-hydrogen) atoms. The Morgan fingerprint density at radius 2 is 1.95 bits per heavy atom. The molecule has 0 aliphatic carbocycles. The minimum absolute atomic E-state index is 0.100. The summed E-state index contributed by atoms with van der Waals surface area (Å²) in [5, 5.41) is 11.8. The topological polar surface area (TPSA) is 87.1 Å². The average molecular weight is 390 g/mol. The third-order valence-corrected chi connectivity index (χ3v) is 4.88. The Hall–Kier alpha value is -1.19. The first-order valence-corrected chi connectivity index (χ1v) is 8.65. The van der Waals surface area contributed by atoms with Gasteiger partial charge in [-0.2, -0.15) is 12.7 Å². The van der Waals surface area contributed by atoms with E-state index in [0.717, 1.165) is 15.2 Å². The first-order valence-electron chi connectivity index (χ1n) is 6.46. The lowest BCUT2D eigenvalue weighted by molar-refractivity contribution is 0.0915. The molecular formula is C14H16BrNO5S. The second-order valence-electron chi connectivity index (χ2n) is 4.82. The minimum atomic E-state index is -4.31. The lowest BCUT2D eigenvalue weighted by Gasteiger charge is -2.18. The van der Waals surface area contributed by atoms with E-state index in [4.69, 9.17) is 9.29 Å². The van der Waals surface area contributed by atoms with Crippen LogP contribution in [0.25, 0.3) is 10.8 Å². The molecule has 0 radical (unpaired) electrons. The summed E-state index contributed by atoms with van der Waals surface area (Å²) in [4.78, 5) is 0. The summed E-state index contributed by atoms with van der Waals surface area (Å²) >= 11 is 3.46. The van der Waals surface area contributed by atoms with Crippen LogP contribution in [0.4, 0.5) is 0 Å². The molecule has 1 atom stereocenters. The zero-order valence-electron chi connectivity index (χ0n) is 11.8. The first-order chi connectivity index (χ1) is 10.3. The number of hydrogen-bond acceptors (Lipinski definition) is 4. The van der Waals surface area contributed by atoms with Crippen LogP contribution in [0.3, 0.4) is 0 Å². The van der Waals surface area contributed by atoms with Crippen molar-refractivity contribution in [1.82, 2.24) is 4.31 Å². The quantitative estimate of drug-likeness (QED) is 0.738. The summed E-state index contributed by atoms with van der Waals surface area (Å²) in [5.41, 5.74) is 0. The van der Waals surface area contributed by atoms with Gasteiger partial charge in [0.1, 0.15) is 18.5 Å². The molecule has 2 rings (SSSR count). The highest BCUT2D eigenvalue weighted by atomic mass is 79.9. The number of ether oxygens (including phenoxy) is 1.